The summed E-state index contributed by atoms with van der Waals surface area (Å²) in [5.74, 6) is 1.03. The first kappa shape index (κ1) is 13.6. The highest BCUT2D eigenvalue weighted by molar-refractivity contribution is 9.10. The van der Waals surface area contributed by atoms with Crippen molar-refractivity contribution in [3.8, 4) is 34.3 Å². The summed E-state index contributed by atoms with van der Waals surface area (Å²) >= 11 is 3.37. The Morgan fingerprint density at radius 3 is 2.62 bits per heavy atom. The number of hydrogen-bond donors (Lipinski definition) is 1. The summed E-state index contributed by atoms with van der Waals surface area (Å²) in [6.07, 6.45) is 0. The van der Waals surface area contributed by atoms with E-state index in [0.717, 1.165) is 10.0 Å². The molecule has 0 unspecified atom stereocenters. The van der Waals surface area contributed by atoms with Crippen molar-refractivity contribution in [2.75, 3.05) is 7.11 Å². The zero-order valence-corrected chi connectivity index (χ0v) is 12.7. The van der Waals surface area contributed by atoms with E-state index in [1.54, 1.807) is 18.2 Å². The summed E-state index contributed by atoms with van der Waals surface area (Å²) in [5.41, 5.74) is 1.26. The highest BCUT2D eigenvalue weighted by Gasteiger charge is 2.16. The molecule has 0 atom stereocenters. The maximum atomic E-state index is 10.1. The quantitative estimate of drug-likeness (QED) is 0.779. The number of phenolic OH excluding ortho intramolecular Hbond substituents is 1. The first-order valence-corrected chi connectivity index (χ1v) is 6.94. The lowest BCUT2D eigenvalue weighted by molar-refractivity contribution is 0.371. The maximum Gasteiger partial charge on any atom is 0.262 e. The number of para-hydroxylation sites is 1. The Kier molecular flexibility index (Phi) is 3.62. The zero-order valence-electron chi connectivity index (χ0n) is 11.1. The number of hydrogen-bond acceptors (Lipinski definition) is 5. The van der Waals surface area contributed by atoms with Gasteiger partial charge in [-0.3, -0.25) is 0 Å². The lowest BCUT2D eigenvalue weighted by Gasteiger charge is -2.04. The molecule has 0 bridgehead atoms. The van der Waals surface area contributed by atoms with Crippen molar-refractivity contribution in [2.45, 2.75) is 0 Å². The molecule has 0 spiro atoms. The monoisotopic (exact) mass is 346 g/mol. The van der Waals surface area contributed by atoms with Crippen LogP contribution in [0.3, 0.4) is 0 Å². The Bertz CT molecular complexity index is 769. The first-order chi connectivity index (χ1) is 10.2. The van der Waals surface area contributed by atoms with E-state index in [-0.39, 0.29) is 11.6 Å². The fourth-order valence-corrected chi connectivity index (χ4v) is 2.17. The van der Waals surface area contributed by atoms with Crippen LogP contribution in [0.2, 0.25) is 0 Å². The number of methoxy groups -OCH3 is 1. The number of rotatable bonds is 3. The number of phenols is 1. The number of aromatic hydroxyl groups is 1. The van der Waals surface area contributed by atoms with Crippen LogP contribution in [-0.4, -0.2) is 22.4 Å². The van der Waals surface area contributed by atoms with Gasteiger partial charge in [0.1, 0.15) is 0 Å². The minimum absolute atomic E-state index is 0.0222. The van der Waals surface area contributed by atoms with Crippen molar-refractivity contribution >= 4 is 15.9 Å². The molecule has 3 aromatic rings. The SMILES string of the molecule is COc1cccc(-c2nc(-c3ccc(Br)cc3)no2)c1O. The van der Waals surface area contributed by atoms with Gasteiger partial charge in [0.15, 0.2) is 11.5 Å². The number of halogens is 1. The van der Waals surface area contributed by atoms with Crippen LogP contribution in [0.4, 0.5) is 0 Å². The Morgan fingerprint density at radius 1 is 1.14 bits per heavy atom. The van der Waals surface area contributed by atoms with E-state index in [0.29, 0.717) is 17.1 Å². The standard InChI is InChI=1S/C15H11BrN2O3/c1-20-12-4-2-3-11(13(12)19)15-17-14(18-21-15)9-5-7-10(16)8-6-9/h2-8,19H,1H3. The Hall–Kier alpha value is -2.34. The van der Waals surface area contributed by atoms with Gasteiger partial charge in [-0.1, -0.05) is 27.2 Å². The van der Waals surface area contributed by atoms with Gasteiger partial charge >= 0.3 is 0 Å². The van der Waals surface area contributed by atoms with E-state index < -0.39 is 0 Å². The summed E-state index contributed by atoms with van der Waals surface area (Å²) in [6.45, 7) is 0. The number of aromatic nitrogens is 2. The second-order valence-corrected chi connectivity index (χ2v) is 5.20. The summed E-state index contributed by atoms with van der Waals surface area (Å²) < 4.78 is 11.3. The topological polar surface area (TPSA) is 68.4 Å². The van der Waals surface area contributed by atoms with Crippen LogP contribution in [0.5, 0.6) is 11.5 Å². The van der Waals surface area contributed by atoms with Crippen molar-refractivity contribution < 1.29 is 14.4 Å². The molecule has 1 N–H and O–H groups in total. The molecule has 106 valence electrons. The van der Waals surface area contributed by atoms with E-state index in [1.807, 2.05) is 24.3 Å². The molecule has 5 nitrogen and oxygen atoms in total. The van der Waals surface area contributed by atoms with E-state index in [4.69, 9.17) is 9.26 Å². The molecular weight excluding hydrogens is 336 g/mol. The van der Waals surface area contributed by atoms with Crippen LogP contribution in [-0.2, 0) is 0 Å². The maximum absolute atomic E-state index is 10.1. The molecule has 21 heavy (non-hydrogen) atoms. The van der Waals surface area contributed by atoms with Crippen molar-refractivity contribution in [1.29, 1.82) is 0 Å². The fraction of sp³-hybridized carbons (Fsp3) is 0.0667. The van der Waals surface area contributed by atoms with Gasteiger partial charge in [-0.15, -0.1) is 0 Å². The summed E-state index contributed by atoms with van der Waals surface area (Å²) in [4.78, 5) is 4.31. The Labute approximate surface area is 129 Å². The molecule has 0 aliphatic heterocycles. The number of ether oxygens (including phenoxy) is 1. The van der Waals surface area contributed by atoms with Crippen LogP contribution in [0.15, 0.2) is 51.5 Å². The van der Waals surface area contributed by atoms with Gasteiger partial charge in [0.25, 0.3) is 5.89 Å². The molecule has 0 saturated heterocycles. The third-order valence-electron chi connectivity index (χ3n) is 2.98. The molecule has 1 aromatic heterocycles. The Balaban J connectivity index is 2.00. The van der Waals surface area contributed by atoms with E-state index in [2.05, 4.69) is 26.1 Å². The molecule has 0 aliphatic rings. The van der Waals surface area contributed by atoms with Gasteiger partial charge in [-0.25, -0.2) is 0 Å². The van der Waals surface area contributed by atoms with E-state index >= 15 is 0 Å². The van der Waals surface area contributed by atoms with Crippen molar-refractivity contribution in [1.82, 2.24) is 10.1 Å². The molecule has 0 fully saturated rings. The second-order valence-electron chi connectivity index (χ2n) is 4.29. The van der Waals surface area contributed by atoms with Crippen LogP contribution < -0.4 is 4.74 Å². The van der Waals surface area contributed by atoms with Gasteiger partial charge < -0.3 is 14.4 Å². The van der Waals surface area contributed by atoms with Crippen LogP contribution >= 0.6 is 15.9 Å². The predicted octanol–water partition coefficient (Wildman–Crippen LogP) is 3.88. The van der Waals surface area contributed by atoms with Crippen molar-refractivity contribution in [2.24, 2.45) is 0 Å². The van der Waals surface area contributed by atoms with Gasteiger partial charge in [-0.05, 0) is 36.4 Å². The van der Waals surface area contributed by atoms with E-state index in [9.17, 15) is 5.11 Å². The summed E-state index contributed by atoms with van der Waals surface area (Å²) in [6, 6.07) is 12.6. The molecule has 6 heteroatoms. The lowest BCUT2D eigenvalue weighted by atomic mass is 10.2. The van der Waals surface area contributed by atoms with Crippen LogP contribution in [0.25, 0.3) is 22.8 Å². The van der Waals surface area contributed by atoms with Crippen LogP contribution in [0.1, 0.15) is 0 Å². The summed E-state index contributed by atoms with van der Waals surface area (Å²) in [7, 11) is 1.49. The minimum atomic E-state index is -0.0222. The highest BCUT2D eigenvalue weighted by atomic mass is 79.9. The zero-order chi connectivity index (χ0) is 14.8. The first-order valence-electron chi connectivity index (χ1n) is 6.15. The third kappa shape index (κ3) is 2.62. The largest absolute Gasteiger partial charge is 0.504 e. The predicted molar refractivity (Wildman–Crippen MR) is 81.1 cm³/mol. The normalized spacial score (nSPS) is 10.6. The molecule has 0 aliphatic carbocycles. The second kappa shape index (κ2) is 5.57. The minimum Gasteiger partial charge on any atom is -0.504 e. The third-order valence-corrected chi connectivity index (χ3v) is 3.51. The molecule has 1 heterocycles. The van der Waals surface area contributed by atoms with Gasteiger partial charge in [0, 0.05) is 10.0 Å². The molecule has 0 radical (unpaired) electrons. The van der Waals surface area contributed by atoms with Gasteiger partial charge in [0.2, 0.25) is 5.82 Å². The van der Waals surface area contributed by atoms with Crippen molar-refractivity contribution in [3.05, 3.63) is 46.9 Å². The Morgan fingerprint density at radius 2 is 1.90 bits per heavy atom. The molecule has 2 aromatic carbocycles. The average molecular weight is 347 g/mol. The fourth-order valence-electron chi connectivity index (χ4n) is 1.91. The number of nitrogens with zero attached hydrogens (tertiary/aromatic N) is 2. The molecule has 0 amide bonds. The highest BCUT2D eigenvalue weighted by Crippen LogP contribution is 2.36. The van der Waals surface area contributed by atoms with Crippen molar-refractivity contribution in [3.63, 3.8) is 0 Å². The summed E-state index contributed by atoms with van der Waals surface area (Å²) in [5, 5.41) is 14.0. The molecule has 0 saturated carbocycles. The average Bonchev–Trinajstić information content (AvgIpc) is 2.98. The molecular formula is C15H11BrN2O3. The van der Waals surface area contributed by atoms with Gasteiger partial charge in [0.05, 0.1) is 12.7 Å². The number of benzene rings is 2. The smallest absolute Gasteiger partial charge is 0.262 e. The molecule has 3 rings (SSSR count). The lowest BCUT2D eigenvalue weighted by Crippen LogP contribution is -1.86. The van der Waals surface area contributed by atoms with Gasteiger partial charge in [-0.2, -0.15) is 4.98 Å². The van der Waals surface area contributed by atoms with E-state index in [1.165, 1.54) is 7.11 Å². The van der Waals surface area contributed by atoms with Crippen LogP contribution in [0, 0.1) is 0 Å².